The number of nitrogens with two attached hydrogens (primary N) is 1. The molecule has 15 nitrogen and oxygen atoms in total. The first-order valence-electron chi connectivity index (χ1n) is 11.4. The van der Waals surface area contributed by atoms with Crippen LogP contribution >= 0.6 is 0 Å². The number of nitrogens with zero attached hydrogens (tertiary/aromatic N) is 7. The van der Waals surface area contributed by atoms with Crippen LogP contribution < -0.4 is 5.90 Å². The summed E-state index contributed by atoms with van der Waals surface area (Å²) in [6.07, 6.45) is 0.872. The SMILES string of the molecule is [N-]=[N+]=NCCOCCOCCN(CCCOCCOCCON)CCOCCOCCN=[N+]=[N-]. The molecule has 15 heteroatoms. The second-order valence-corrected chi connectivity index (χ2v) is 6.65. The van der Waals surface area contributed by atoms with Crippen molar-refractivity contribution in [3.8, 4) is 0 Å². The van der Waals surface area contributed by atoms with Crippen LogP contribution in [0.1, 0.15) is 6.42 Å². The van der Waals surface area contributed by atoms with E-state index >= 15 is 0 Å². The van der Waals surface area contributed by atoms with E-state index in [1.54, 1.807) is 0 Å². The standard InChI is InChI=1S/C19H40N8O7/c20-25-23-2-8-29-13-15-31-10-5-27(4-1-7-28-12-17-33-18-19-34-22)6-11-32-16-14-30-9-3-24-26-21/h1-19,22H2. The van der Waals surface area contributed by atoms with Gasteiger partial charge in [-0.25, -0.2) is 5.90 Å². The normalized spacial score (nSPS) is 10.9. The molecule has 198 valence electrons. The first-order valence-corrected chi connectivity index (χ1v) is 11.4. The Morgan fingerprint density at radius 1 is 0.529 bits per heavy atom. The maximum atomic E-state index is 8.20. The first kappa shape index (κ1) is 32.3. The molecule has 0 radical (unpaired) electrons. The average Bonchev–Trinajstić information content (AvgIpc) is 2.85. The van der Waals surface area contributed by atoms with Gasteiger partial charge in [0, 0.05) is 49.2 Å². The Balaban J connectivity index is 3.90. The first-order chi connectivity index (χ1) is 16.8. The van der Waals surface area contributed by atoms with E-state index in [1.807, 2.05) is 0 Å². The van der Waals surface area contributed by atoms with E-state index in [0.717, 1.165) is 26.1 Å². The maximum absolute atomic E-state index is 8.20. The third-order valence-corrected chi connectivity index (χ3v) is 4.13. The highest BCUT2D eigenvalue weighted by molar-refractivity contribution is 4.58. The third kappa shape index (κ3) is 26.5. The Kier molecular flexibility index (Phi) is 27.8. The quantitative estimate of drug-likeness (QED) is 0.0551. The minimum atomic E-state index is 0.319. The largest absolute Gasteiger partial charge is 0.379 e. The number of hydrogen-bond donors (Lipinski definition) is 1. The fraction of sp³-hybridized carbons (Fsp3) is 1.00. The molecular formula is C19H40N8O7. The molecule has 0 aromatic rings. The predicted molar refractivity (Wildman–Crippen MR) is 124 cm³/mol. The summed E-state index contributed by atoms with van der Waals surface area (Å²) in [5.74, 6) is 4.92. The summed E-state index contributed by atoms with van der Waals surface area (Å²) in [5.41, 5.74) is 16.4. The van der Waals surface area contributed by atoms with Crippen molar-refractivity contribution < 1.29 is 33.3 Å². The molecule has 0 aromatic heterocycles. The minimum absolute atomic E-state index is 0.319. The van der Waals surface area contributed by atoms with Gasteiger partial charge in [0.05, 0.1) is 79.3 Å². The molecular weight excluding hydrogens is 452 g/mol. The fourth-order valence-electron chi connectivity index (χ4n) is 2.49. The summed E-state index contributed by atoms with van der Waals surface area (Å²) >= 11 is 0. The molecule has 0 unspecified atom stereocenters. The molecule has 0 heterocycles. The molecule has 0 aliphatic carbocycles. The minimum Gasteiger partial charge on any atom is -0.379 e. The number of ether oxygens (including phenoxy) is 6. The molecule has 0 fully saturated rings. The molecule has 0 bridgehead atoms. The van der Waals surface area contributed by atoms with E-state index in [0.29, 0.717) is 99.0 Å². The summed E-state index contributed by atoms with van der Waals surface area (Å²) in [6.45, 7) is 9.25. The van der Waals surface area contributed by atoms with Crippen molar-refractivity contribution in [1.82, 2.24) is 4.90 Å². The number of azide groups is 2. The van der Waals surface area contributed by atoms with Crippen molar-refractivity contribution >= 4 is 0 Å². The highest BCUT2D eigenvalue weighted by Crippen LogP contribution is 1.95. The molecule has 0 atom stereocenters. The van der Waals surface area contributed by atoms with Crippen molar-refractivity contribution in [1.29, 1.82) is 0 Å². The molecule has 0 spiro atoms. The number of rotatable bonds is 28. The van der Waals surface area contributed by atoms with Crippen LogP contribution in [0, 0.1) is 0 Å². The van der Waals surface area contributed by atoms with Crippen molar-refractivity contribution in [2.24, 2.45) is 16.1 Å². The lowest BCUT2D eigenvalue weighted by Gasteiger charge is -2.22. The van der Waals surface area contributed by atoms with E-state index in [9.17, 15) is 0 Å². The van der Waals surface area contributed by atoms with Gasteiger partial charge >= 0.3 is 0 Å². The summed E-state index contributed by atoms with van der Waals surface area (Å²) in [4.78, 5) is 12.0. The van der Waals surface area contributed by atoms with Gasteiger partial charge in [0.1, 0.15) is 0 Å². The lowest BCUT2D eigenvalue weighted by molar-refractivity contribution is 0.00947. The molecule has 0 saturated carbocycles. The fourth-order valence-corrected chi connectivity index (χ4v) is 2.49. The highest BCUT2D eigenvalue weighted by Gasteiger charge is 2.05. The van der Waals surface area contributed by atoms with Gasteiger partial charge < -0.3 is 33.3 Å². The zero-order valence-corrected chi connectivity index (χ0v) is 20.0. The summed E-state index contributed by atoms with van der Waals surface area (Å²) in [7, 11) is 0. The van der Waals surface area contributed by atoms with Crippen LogP contribution in [0.3, 0.4) is 0 Å². The molecule has 0 aromatic carbocycles. The second kappa shape index (κ2) is 29.3. The smallest absolute Gasteiger partial charge is 0.0913 e. The molecule has 0 rings (SSSR count). The Morgan fingerprint density at radius 3 is 1.41 bits per heavy atom. The van der Waals surface area contributed by atoms with Crippen molar-refractivity contribution in [2.45, 2.75) is 6.42 Å². The van der Waals surface area contributed by atoms with Crippen molar-refractivity contribution in [2.75, 3.05) is 119 Å². The van der Waals surface area contributed by atoms with E-state index in [1.165, 1.54) is 0 Å². The highest BCUT2D eigenvalue weighted by atomic mass is 16.6. The molecule has 0 aliphatic rings. The Bertz CT molecular complexity index is 489. The monoisotopic (exact) mass is 492 g/mol. The zero-order valence-electron chi connectivity index (χ0n) is 20.0. The lowest BCUT2D eigenvalue weighted by atomic mass is 10.4. The van der Waals surface area contributed by atoms with Gasteiger partial charge in [-0.1, -0.05) is 10.2 Å². The average molecular weight is 493 g/mol. The predicted octanol–water partition coefficient (Wildman–Crippen LogP) is 1.29. The molecule has 0 aliphatic heterocycles. The summed E-state index contributed by atoms with van der Waals surface area (Å²) in [5, 5.41) is 6.80. The van der Waals surface area contributed by atoms with Gasteiger partial charge in [0.2, 0.25) is 0 Å². The summed E-state index contributed by atoms with van der Waals surface area (Å²) < 4.78 is 32.7. The van der Waals surface area contributed by atoms with Gasteiger partial charge in [-0.2, -0.15) is 0 Å². The van der Waals surface area contributed by atoms with Gasteiger partial charge in [-0.3, -0.25) is 4.90 Å². The molecule has 0 amide bonds. The van der Waals surface area contributed by atoms with Crippen LogP contribution in [-0.4, -0.2) is 124 Å². The van der Waals surface area contributed by atoms with E-state index in [4.69, 9.17) is 45.4 Å². The van der Waals surface area contributed by atoms with Gasteiger partial charge in [0.15, 0.2) is 0 Å². The topological polar surface area (TPSA) is 191 Å². The second-order valence-electron chi connectivity index (χ2n) is 6.65. The molecule has 2 N–H and O–H groups in total. The third-order valence-electron chi connectivity index (χ3n) is 4.13. The summed E-state index contributed by atoms with van der Waals surface area (Å²) in [6, 6.07) is 0. The van der Waals surface area contributed by atoms with E-state index in [2.05, 4.69) is 29.8 Å². The zero-order chi connectivity index (χ0) is 24.8. The molecule has 34 heavy (non-hydrogen) atoms. The van der Waals surface area contributed by atoms with E-state index in [-0.39, 0.29) is 0 Å². The van der Waals surface area contributed by atoms with Gasteiger partial charge in [0.25, 0.3) is 0 Å². The molecule has 0 saturated heterocycles. The van der Waals surface area contributed by atoms with Crippen molar-refractivity contribution in [3.05, 3.63) is 20.9 Å². The van der Waals surface area contributed by atoms with Gasteiger partial charge in [-0.05, 0) is 17.5 Å². The van der Waals surface area contributed by atoms with Crippen LogP contribution in [0.4, 0.5) is 0 Å². The Hall–Kier alpha value is -1.74. The van der Waals surface area contributed by atoms with Gasteiger partial charge in [-0.15, -0.1) is 0 Å². The maximum Gasteiger partial charge on any atom is 0.0913 e. The van der Waals surface area contributed by atoms with Crippen LogP contribution in [0.25, 0.3) is 20.9 Å². The Labute approximate surface area is 200 Å². The lowest BCUT2D eigenvalue weighted by Crippen LogP contribution is -2.33. The van der Waals surface area contributed by atoms with Crippen LogP contribution in [0.2, 0.25) is 0 Å². The van der Waals surface area contributed by atoms with Crippen LogP contribution in [0.15, 0.2) is 10.2 Å². The Morgan fingerprint density at radius 2 is 0.941 bits per heavy atom. The van der Waals surface area contributed by atoms with Crippen LogP contribution in [0.5, 0.6) is 0 Å². The number of hydrogen-bond acceptors (Lipinski definition) is 11. The van der Waals surface area contributed by atoms with E-state index < -0.39 is 0 Å². The van der Waals surface area contributed by atoms with Crippen molar-refractivity contribution in [3.63, 3.8) is 0 Å². The van der Waals surface area contributed by atoms with Crippen LogP contribution in [-0.2, 0) is 33.3 Å².